The van der Waals surface area contributed by atoms with Crippen molar-refractivity contribution in [1.82, 2.24) is 9.88 Å². The molecule has 2 amide bonds. The van der Waals surface area contributed by atoms with Crippen molar-refractivity contribution in [2.24, 2.45) is 5.92 Å². The Morgan fingerprint density at radius 2 is 2.07 bits per heavy atom. The van der Waals surface area contributed by atoms with Crippen LogP contribution in [0, 0.1) is 5.92 Å². The van der Waals surface area contributed by atoms with Gasteiger partial charge in [-0.15, -0.1) is 23.1 Å². The van der Waals surface area contributed by atoms with Gasteiger partial charge in [0.15, 0.2) is 5.13 Å². The van der Waals surface area contributed by atoms with Crippen LogP contribution in [0.15, 0.2) is 29.6 Å². The molecular formula is C21H27N3O2S2. The number of anilines is 1. The molecule has 0 saturated carbocycles. The SMILES string of the molecule is CCc1ccc(-c2csc(NC(=O)CSCC(=O)N3CCCC(C)C3)n2)cc1. The standard InChI is InChI=1S/C21H27N3O2S2/c1-3-16-6-8-17(9-7-16)18-12-28-21(22-18)23-19(25)13-27-14-20(26)24-10-4-5-15(2)11-24/h6-9,12,15H,3-5,10-11,13-14H2,1-2H3,(H,22,23,25). The van der Waals surface area contributed by atoms with Gasteiger partial charge in [0, 0.05) is 24.0 Å². The second-order valence-electron chi connectivity index (χ2n) is 7.22. The summed E-state index contributed by atoms with van der Waals surface area (Å²) < 4.78 is 0. The number of hydrogen-bond donors (Lipinski definition) is 1. The highest BCUT2D eigenvalue weighted by Crippen LogP contribution is 2.25. The highest BCUT2D eigenvalue weighted by Gasteiger charge is 2.20. The minimum atomic E-state index is -0.118. The summed E-state index contributed by atoms with van der Waals surface area (Å²) in [5.74, 6) is 1.20. The van der Waals surface area contributed by atoms with E-state index in [-0.39, 0.29) is 17.6 Å². The first-order chi connectivity index (χ1) is 13.5. The van der Waals surface area contributed by atoms with Gasteiger partial charge in [-0.3, -0.25) is 9.59 Å². The molecule has 0 aliphatic carbocycles. The number of rotatable bonds is 7. The molecule has 0 bridgehead atoms. The average Bonchev–Trinajstić information content (AvgIpc) is 3.16. The highest BCUT2D eigenvalue weighted by molar-refractivity contribution is 8.00. The molecule has 1 N–H and O–H groups in total. The summed E-state index contributed by atoms with van der Waals surface area (Å²) in [6.07, 6.45) is 3.28. The number of likely N-dealkylation sites (tertiary alicyclic amines) is 1. The molecule has 3 rings (SSSR count). The van der Waals surface area contributed by atoms with Crippen LogP contribution in [0.25, 0.3) is 11.3 Å². The first-order valence-corrected chi connectivity index (χ1v) is 11.8. The maximum absolute atomic E-state index is 12.3. The van der Waals surface area contributed by atoms with Gasteiger partial charge in [0.05, 0.1) is 17.2 Å². The number of carbonyl (C=O) groups is 2. The molecule has 150 valence electrons. The molecule has 1 unspecified atom stereocenters. The molecule has 2 aromatic rings. The molecule has 1 fully saturated rings. The van der Waals surface area contributed by atoms with Crippen LogP contribution in [-0.4, -0.2) is 46.3 Å². The predicted octanol–water partition coefficient (Wildman–Crippen LogP) is 4.30. The van der Waals surface area contributed by atoms with Gasteiger partial charge in [0.25, 0.3) is 0 Å². The number of aromatic nitrogens is 1. The Labute approximate surface area is 174 Å². The molecule has 28 heavy (non-hydrogen) atoms. The number of piperidine rings is 1. The lowest BCUT2D eigenvalue weighted by Crippen LogP contribution is -2.40. The second-order valence-corrected chi connectivity index (χ2v) is 9.06. The number of hydrogen-bond acceptors (Lipinski definition) is 5. The molecule has 1 aromatic heterocycles. The topological polar surface area (TPSA) is 62.3 Å². The van der Waals surface area contributed by atoms with E-state index >= 15 is 0 Å². The van der Waals surface area contributed by atoms with E-state index in [9.17, 15) is 9.59 Å². The third-order valence-electron chi connectivity index (χ3n) is 4.88. The van der Waals surface area contributed by atoms with Crippen molar-refractivity contribution in [2.45, 2.75) is 33.1 Å². The number of aryl methyl sites for hydroxylation is 1. The van der Waals surface area contributed by atoms with Gasteiger partial charge >= 0.3 is 0 Å². The number of benzene rings is 1. The zero-order valence-electron chi connectivity index (χ0n) is 16.4. The molecule has 1 saturated heterocycles. The summed E-state index contributed by atoms with van der Waals surface area (Å²) in [6.45, 7) is 5.99. The van der Waals surface area contributed by atoms with Crippen LogP contribution >= 0.6 is 23.1 Å². The molecule has 5 nitrogen and oxygen atoms in total. The van der Waals surface area contributed by atoms with Crippen molar-refractivity contribution < 1.29 is 9.59 Å². The van der Waals surface area contributed by atoms with Gasteiger partial charge in [-0.1, -0.05) is 38.1 Å². The first-order valence-electron chi connectivity index (χ1n) is 9.75. The van der Waals surface area contributed by atoms with Crippen molar-refractivity contribution >= 4 is 40.0 Å². The summed E-state index contributed by atoms with van der Waals surface area (Å²) in [6, 6.07) is 8.32. The lowest BCUT2D eigenvalue weighted by Gasteiger charge is -2.30. The van der Waals surface area contributed by atoms with Crippen molar-refractivity contribution in [3.05, 3.63) is 35.2 Å². The van der Waals surface area contributed by atoms with Crippen molar-refractivity contribution in [1.29, 1.82) is 0 Å². The minimum absolute atomic E-state index is 0.118. The van der Waals surface area contributed by atoms with E-state index < -0.39 is 0 Å². The average molecular weight is 418 g/mol. The van der Waals surface area contributed by atoms with Crippen LogP contribution < -0.4 is 5.32 Å². The van der Waals surface area contributed by atoms with Crippen LogP contribution in [0.2, 0.25) is 0 Å². The highest BCUT2D eigenvalue weighted by atomic mass is 32.2. The Hall–Kier alpha value is -1.86. The minimum Gasteiger partial charge on any atom is -0.342 e. The fourth-order valence-corrected chi connectivity index (χ4v) is 4.72. The van der Waals surface area contributed by atoms with Crippen LogP contribution in [0.1, 0.15) is 32.3 Å². The van der Waals surface area contributed by atoms with Gasteiger partial charge < -0.3 is 10.2 Å². The predicted molar refractivity (Wildman–Crippen MR) is 118 cm³/mol. The van der Waals surface area contributed by atoms with E-state index in [1.54, 1.807) is 0 Å². The Kier molecular flexibility index (Phi) is 7.50. The fourth-order valence-electron chi connectivity index (χ4n) is 3.27. The summed E-state index contributed by atoms with van der Waals surface area (Å²) >= 11 is 2.78. The molecule has 1 atom stereocenters. The van der Waals surface area contributed by atoms with Gasteiger partial charge in [-0.2, -0.15) is 0 Å². The van der Waals surface area contributed by atoms with E-state index in [0.717, 1.165) is 37.2 Å². The summed E-state index contributed by atoms with van der Waals surface area (Å²) in [5.41, 5.74) is 3.20. The van der Waals surface area contributed by atoms with Crippen molar-refractivity contribution in [2.75, 3.05) is 29.9 Å². The molecule has 1 aliphatic rings. The largest absolute Gasteiger partial charge is 0.342 e. The zero-order valence-corrected chi connectivity index (χ0v) is 18.1. The molecule has 0 spiro atoms. The maximum atomic E-state index is 12.3. The molecule has 2 heterocycles. The quantitative estimate of drug-likeness (QED) is 0.729. The summed E-state index contributed by atoms with van der Waals surface area (Å²) in [5, 5.41) is 5.38. The van der Waals surface area contributed by atoms with Crippen LogP contribution in [0.5, 0.6) is 0 Å². The number of thiazole rings is 1. The van der Waals surface area contributed by atoms with E-state index in [1.165, 1.54) is 35.1 Å². The van der Waals surface area contributed by atoms with Gasteiger partial charge in [0.1, 0.15) is 0 Å². The number of thioether (sulfide) groups is 1. The lowest BCUT2D eigenvalue weighted by molar-refractivity contribution is -0.130. The van der Waals surface area contributed by atoms with Gasteiger partial charge in [-0.25, -0.2) is 4.98 Å². The number of amides is 2. The van der Waals surface area contributed by atoms with E-state index in [4.69, 9.17) is 0 Å². The third-order valence-corrected chi connectivity index (χ3v) is 6.55. The Balaban J connectivity index is 1.43. The van der Waals surface area contributed by atoms with E-state index in [0.29, 0.717) is 16.8 Å². The van der Waals surface area contributed by atoms with Gasteiger partial charge in [0.2, 0.25) is 11.8 Å². The monoisotopic (exact) mass is 417 g/mol. The molecule has 1 aromatic carbocycles. The second kappa shape index (κ2) is 10.1. The molecular weight excluding hydrogens is 390 g/mol. The molecule has 0 radical (unpaired) electrons. The maximum Gasteiger partial charge on any atom is 0.236 e. The smallest absolute Gasteiger partial charge is 0.236 e. The number of carbonyl (C=O) groups excluding carboxylic acids is 2. The van der Waals surface area contributed by atoms with E-state index in [2.05, 4.69) is 48.4 Å². The molecule has 1 aliphatic heterocycles. The van der Waals surface area contributed by atoms with Gasteiger partial charge in [-0.05, 0) is 30.7 Å². The Bertz CT molecular complexity index is 804. The van der Waals surface area contributed by atoms with Crippen molar-refractivity contribution in [3.63, 3.8) is 0 Å². The lowest BCUT2D eigenvalue weighted by atomic mass is 10.0. The van der Waals surface area contributed by atoms with Crippen LogP contribution in [0.4, 0.5) is 5.13 Å². The van der Waals surface area contributed by atoms with Crippen LogP contribution in [-0.2, 0) is 16.0 Å². The third kappa shape index (κ3) is 5.82. The molecule has 7 heteroatoms. The van der Waals surface area contributed by atoms with E-state index in [1.807, 2.05) is 10.3 Å². The zero-order chi connectivity index (χ0) is 19.9. The fraction of sp³-hybridized carbons (Fsp3) is 0.476. The first kappa shape index (κ1) is 20.9. The number of nitrogens with one attached hydrogen (secondary N) is 1. The Morgan fingerprint density at radius 3 is 2.79 bits per heavy atom. The number of nitrogens with zero attached hydrogens (tertiary/aromatic N) is 2. The normalized spacial score (nSPS) is 16.8. The Morgan fingerprint density at radius 1 is 1.29 bits per heavy atom. The summed E-state index contributed by atoms with van der Waals surface area (Å²) in [7, 11) is 0. The van der Waals surface area contributed by atoms with Crippen LogP contribution in [0.3, 0.4) is 0 Å². The summed E-state index contributed by atoms with van der Waals surface area (Å²) in [4.78, 5) is 30.8. The van der Waals surface area contributed by atoms with Crippen molar-refractivity contribution in [3.8, 4) is 11.3 Å².